The van der Waals surface area contributed by atoms with E-state index in [0.717, 1.165) is 9.99 Å². The van der Waals surface area contributed by atoms with Gasteiger partial charge in [0.05, 0.1) is 6.21 Å². The number of nitrogens with zero attached hydrogens (tertiary/aromatic N) is 1. The predicted octanol–water partition coefficient (Wildman–Crippen LogP) is 4.15. The largest absolute Gasteiger partial charge is 0.448 e. The first-order valence-electron chi connectivity index (χ1n) is 8.14. The number of benzene rings is 2. The van der Waals surface area contributed by atoms with Crippen molar-refractivity contribution < 1.29 is 14.0 Å². The third kappa shape index (κ3) is 5.58. The number of anilines is 1. The molecule has 0 saturated heterocycles. The van der Waals surface area contributed by atoms with Crippen molar-refractivity contribution in [3.63, 3.8) is 0 Å². The van der Waals surface area contributed by atoms with E-state index in [2.05, 4.69) is 15.8 Å². The van der Waals surface area contributed by atoms with Crippen LogP contribution in [0.25, 0.3) is 0 Å². The molecule has 2 amide bonds. The summed E-state index contributed by atoms with van der Waals surface area (Å²) >= 11 is 1.50. The second kappa shape index (κ2) is 8.86. The molecule has 1 heterocycles. The van der Waals surface area contributed by atoms with E-state index in [-0.39, 0.29) is 11.8 Å². The summed E-state index contributed by atoms with van der Waals surface area (Å²) < 4.78 is 5.65. The van der Waals surface area contributed by atoms with Crippen LogP contribution in [0.5, 0.6) is 0 Å². The summed E-state index contributed by atoms with van der Waals surface area (Å²) in [4.78, 5) is 24.1. The van der Waals surface area contributed by atoms with Gasteiger partial charge in [-0.15, -0.1) is 0 Å². The highest BCUT2D eigenvalue weighted by molar-refractivity contribution is 7.99. The van der Waals surface area contributed by atoms with Gasteiger partial charge < -0.3 is 9.73 Å². The normalized spacial score (nSPS) is 10.7. The number of hydrogen-bond donors (Lipinski definition) is 2. The van der Waals surface area contributed by atoms with Crippen molar-refractivity contribution in [2.45, 2.75) is 16.9 Å². The molecule has 1 aromatic heterocycles. The number of carbonyl (C=O) groups is 2. The number of hydrazone groups is 1. The Balaban J connectivity index is 1.54. The molecule has 2 N–H and O–H groups in total. The summed E-state index contributed by atoms with van der Waals surface area (Å²) in [6, 6.07) is 20.0. The Morgan fingerprint density at radius 2 is 1.74 bits per heavy atom. The zero-order chi connectivity index (χ0) is 19.1. The van der Waals surface area contributed by atoms with Crippen LogP contribution < -0.4 is 10.7 Å². The molecule has 3 aromatic rings. The van der Waals surface area contributed by atoms with Crippen molar-refractivity contribution in [2.24, 2.45) is 5.10 Å². The number of furan rings is 1. The number of rotatable bonds is 6. The zero-order valence-electron chi connectivity index (χ0n) is 14.5. The highest BCUT2D eigenvalue weighted by Crippen LogP contribution is 2.28. The summed E-state index contributed by atoms with van der Waals surface area (Å²) in [5.41, 5.74) is 3.50. The Hall–Kier alpha value is -3.32. The summed E-state index contributed by atoms with van der Waals surface area (Å²) in [6.07, 6.45) is 1.44. The molecule has 6 nitrogen and oxygen atoms in total. The van der Waals surface area contributed by atoms with E-state index in [1.807, 2.05) is 36.4 Å². The van der Waals surface area contributed by atoms with Crippen molar-refractivity contribution in [3.05, 3.63) is 78.1 Å². The molecule has 0 bridgehead atoms. The average molecular weight is 379 g/mol. The van der Waals surface area contributed by atoms with Crippen LogP contribution in [-0.4, -0.2) is 18.0 Å². The molecule has 0 spiro atoms. The molecule has 136 valence electrons. The van der Waals surface area contributed by atoms with Gasteiger partial charge in [-0.2, -0.15) is 5.10 Å². The Labute approximate surface area is 160 Å². The summed E-state index contributed by atoms with van der Waals surface area (Å²) in [5.74, 6) is 0.0147. The number of nitrogens with one attached hydrogen (secondary N) is 2. The number of amides is 2. The quantitative estimate of drug-likeness (QED) is 0.498. The van der Waals surface area contributed by atoms with Gasteiger partial charge in [-0.3, -0.25) is 9.59 Å². The fourth-order valence-corrected chi connectivity index (χ4v) is 2.99. The maximum atomic E-state index is 12.1. The standard InChI is InChI=1S/C20H17N3O3S/c1-14(24)22-16-9-7-15(8-10-16)20(25)23-21-13-17-11-12-19(26-17)27-18-5-3-2-4-6-18/h2-13H,1H3,(H,22,24)(H,23,25)/b21-13-. The first-order chi connectivity index (χ1) is 13.1. The number of hydrogen-bond acceptors (Lipinski definition) is 5. The monoisotopic (exact) mass is 379 g/mol. The summed E-state index contributed by atoms with van der Waals surface area (Å²) in [7, 11) is 0. The lowest BCUT2D eigenvalue weighted by Crippen LogP contribution is -2.17. The third-order valence-electron chi connectivity index (χ3n) is 3.39. The highest BCUT2D eigenvalue weighted by atomic mass is 32.2. The van der Waals surface area contributed by atoms with Crippen molar-refractivity contribution in [2.75, 3.05) is 5.32 Å². The SMILES string of the molecule is CC(=O)Nc1ccc(C(=O)N/N=C\c2ccc(Sc3ccccc3)o2)cc1. The van der Waals surface area contributed by atoms with Crippen LogP contribution in [0.3, 0.4) is 0 Å². The van der Waals surface area contributed by atoms with Gasteiger partial charge in [0.1, 0.15) is 5.76 Å². The second-order valence-corrected chi connectivity index (χ2v) is 6.61. The van der Waals surface area contributed by atoms with E-state index in [1.165, 1.54) is 24.9 Å². The molecule has 0 aliphatic rings. The maximum absolute atomic E-state index is 12.1. The van der Waals surface area contributed by atoms with E-state index < -0.39 is 0 Å². The van der Waals surface area contributed by atoms with Crippen LogP contribution in [0.15, 0.2) is 86.2 Å². The lowest BCUT2D eigenvalue weighted by molar-refractivity contribution is -0.114. The summed E-state index contributed by atoms with van der Waals surface area (Å²) in [5, 5.41) is 7.29. The average Bonchev–Trinajstić information content (AvgIpc) is 3.10. The molecule has 0 saturated carbocycles. The molecular formula is C20H17N3O3S. The molecular weight excluding hydrogens is 362 g/mol. The zero-order valence-corrected chi connectivity index (χ0v) is 15.3. The molecule has 0 radical (unpaired) electrons. The highest BCUT2D eigenvalue weighted by Gasteiger charge is 2.05. The minimum absolute atomic E-state index is 0.167. The molecule has 0 unspecified atom stereocenters. The molecule has 27 heavy (non-hydrogen) atoms. The van der Waals surface area contributed by atoms with Crippen LogP contribution in [0.4, 0.5) is 5.69 Å². The van der Waals surface area contributed by atoms with E-state index in [4.69, 9.17) is 4.42 Å². The van der Waals surface area contributed by atoms with Gasteiger partial charge >= 0.3 is 0 Å². The lowest BCUT2D eigenvalue weighted by Gasteiger charge is -2.03. The molecule has 0 aliphatic heterocycles. The van der Waals surface area contributed by atoms with Crippen LogP contribution in [0.1, 0.15) is 23.0 Å². The van der Waals surface area contributed by atoms with Gasteiger partial charge in [0.15, 0.2) is 5.09 Å². The van der Waals surface area contributed by atoms with Crippen LogP contribution in [0, 0.1) is 0 Å². The van der Waals surface area contributed by atoms with E-state index >= 15 is 0 Å². The minimum atomic E-state index is -0.355. The smallest absolute Gasteiger partial charge is 0.271 e. The van der Waals surface area contributed by atoms with E-state index in [0.29, 0.717) is 17.0 Å². The third-order valence-corrected chi connectivity index (χ3v) is 4.32. The second-order valence-electron chi connectivity index (χ2n) is 5.53. The Kier molecular flexibility index (Phi) is 6.06. The molecule has 0 atom stereocenters. The van der Waals surface area contributed by atoms with Gasteiger partial charge in [0.2, 0.25) is 5.91 Å². The fraction of sp³-hybridized carbons (Fsp3) is 0.0500. The van der Waals surface area contributed by atoms with Crippen LogP contribution in [0.2, 0.25) is 0 Å². The Bertz CT molecular complexity index is 950. The van der Waals surface area contributed by atoms with E-state index in [9.17, 15) is 9.59 Å². The van der Waals surface area contributed by atoms with Gasteiger partial charge in [-0.25, -0.2) is 5.43 Å². The summed E-state index contributed by atoms with van der Waals surface area (Å²) in [6.45, 7) is 1.42. The first kappa shape index (κ1) is 18.5. The lowest BCUT2D eigenvalue weighted by atomic mass is 10.2. The van der Waals surface area contributed by atoms with Crippen LogP contribution in [-0.2, 0) is 4.79 Å². The Morgan fingerprint density at radius 1 is 1.00 bits per heavy atom. The fourth-order valence-electron chi connectivity index (χ4n) is 2.19. The van der Waals surface area contributed by atoms with Gasteiger partial charge in [0.25, 0.3) is 5.91 Å². The van der Waals surface area contributed by atoms with E-state index in [1.54, 1.807) is 30.3 Å². The molecule has 3 rings (SSSR count). The topological polar surface area (TPSA) is 83.7 Å². The van der Waals surface area contributed by atoms with Crippen molar-refractivity contribution in [1.82, 2.24) is 5.43 Å². The maximum Gasteiger partial charge on any atom is 0.271 e. The molecule has 0 fully saturated rings. The number of carbonyl (C=O) groups excluding carboxylic acids is 2. The molecule has 0 aliphatic carbocycles. The van der Waals surface area contributed by atoms with Crippen molar-refractivity contribution >= 4 is 35.5 Å². The molecule has 2 aromatic carbocycles. The van der Waals surface area contributed by atoms with Gasteiger partial charge in [-0.05, 0) is 48.5 Å². The van der Waals surface area contributed by atoms with Gasteiger partial charge in [0, 0.05) is 23.1 Å². The minimum Gasteiger partial charge on any atom is -0.448 e. The van der Waals surface area contributed by atoms with Crippen LogP contribution >= 0.6 is 11.8 Å². The first-order valence-corrected chi connectivity index (χ1v) is 8.95. The van der Waals surface area contributed by atoms with Crippen molar-refractivity contribution in [1.29, 1.82) is 0 Å². The van der Waals surface area contributed by atoms with Gasteiger partial charge in [-0.1, -0.05) is 30.0 Å². The Morgan fingerprint density at radius 3 is 2.44 bits per heavy atom. The molecule has 7 heteroatoms. The van der Waals surface area contributed by atoms with Crippen molar-refractivity contribution in [3.8, 4) is 0 Å². The predicted molar refractivity (Wildman–Crippen MR) is 105 cm³/mol.